The summed E-state index contributed by atoms with van der Waals surface area (Å²) in [4.78, 5) is 64.6. The zero-order valence-corrected chi connectivity index (χ0v) is 32.6. The molecule has 0 aliphatic heterocycles. The molecule has 12 heteroatoms. The smallest absolute Gasteiger partial charge is 0.320 e. The Balaban J connectivity index is 1.47. The lowest BCUT2D eigenvalue weighted by Crippen LogP contribution is -2.66. The Kier molecular flexibility index (Phi) is 10.8. The second-order valence-corrected chi connectivity index (χ2v) is 19.0. The molecule has 4 saturated carbocycles. The van der Waals surface area contributed by atoms with Crippen molar-refractivity contribution in [2.45, 2.75) is 112 Å². The van der Waals surface area contributed by atoms with Crippen molar-refractivity contribution in [3.05, 3.63) is 11.6 Å². The van der Waals surface area contributed by atoms with E-state index in [1.807, 2.05) is 6.92 Å². The van der Waals surface area contributed by atoms with Crippen LogP contribution in [-0.2, 0) is 33.4 Å². The minimum atomic E-state index is -1.05. The fourth-order valence-electron chi connectivity index (χ4n) is 12.3. The summed E-state index contributed by atoms with van der Waals surface area (Å²) in [6, 6.07) is 0. The lowest BCUT2D eigenvalue weighted by atomic mass is 9.33. The van der Waals surface area contributed by atoms with Crippen LogP contribution in [0.15, 0.2) is 11.6 Å². The zero-order valence-electron chi connectivity index (χ0n) is 32.6. The number of hydrogen-bond donors (Lipinski definition) is 3. The molecule has 3 N–H and O–H groups in total. The van der Waals surface area contributed by atoms with E-state index >= 15 is 0 Å². The average molecular weight is 731 g/mol. The summed E-state index contributed by atoms with van der Waals surface area (Å²) in [5, 5.41) is 29.1. The largest absolute Gasteiger partial charge is 0.481 e. The molecule has 292 valence electrons. The van der Waals surface area contributed by atoms with E-state index in [0.717, 1.165) is 44.9 Å². The lowest BCUT2D eigenvalue weighted by Gasteiger charge is -2.71. The summed E-state index contributed by atoms with van der Waals surface area (Å²) < 4.78 is 12.1. The van der Waals surface area contributed by atoms with E-state index in [1.165, 1.54) is 15.4 Å². The van der Waals surface area contributed by atoms with Crippen molar-refractivity contribution < 1.29 is 48.8 Å². The second kappa shape index (κ2) is 14.0. The van der Waals surface area contributed by atoms with E-state index in [9.17, 15) is 39.3 Å². The fourth-order valence-corrected chi connectivity index (χ4v) is 12.3. The molecule has 0 bridgehead atoms. The molecule has 0 aromatic carbocycles. The third-order valence-electron chi connectivity index (χ3n) is 15.2. The van der Waals surface area contributed by atoms with Gasteiger partial charge < -0.3 is 24.8 Å². The molecule has 0 heterocycles. The Morgan fingerprint density at radius 1 is 0.750 bits per heavy atom. The van der Waals surface area contributed by atoms with Gasteiger partial charge in [0.1, 0.15) is 12.7 Å². The molecule has 5 aliphatic rings. The van der Waals surface area contributed by atoms with Crippen LogP contribution in [0, 0.1) is 50.2 Å². The Bertz CT molecular complexity index is 1490. The molecule has 0 radical (unpaired) electrons. The minimum Gasteiger partial charge on any atom is -0.481 e. The van der Waals surface area contributed by atoms with E-state index in [1.54, 1.807) is 14.1 Å². The average Bonchev–Trinajstić information content (AvgIpc) is 3.00. The highest BCUT2D eigenvalue weighted by molar-refractivity contribution is 5.77. The predicted octanol–water partition coefficient (Wildman–Crippen LogP) is 5.34. The number of nitrogens with zero attached hydrogens (tertiary/aromatic N) is 2. The van der Waals surface area contributed by atoms with Crippen molar-refractivity contribution in [2.24, 2.45) is 50.2 Å². The van der Waals surface area contributed by atoms with E-state index in [0.29, 0.717) is 19.3 Å². The van der Waals surface area contributed by atoms with E-state index in [4.69, 9.17) is 9.47 Å². The van der Waals surface area contributed by atoms with Crippen LogP contribution in [0.1, 0.15) is 106 Å². The number of allylic oxidation sites excluding steroid dienone is 2. The minimum absolute atomic E-state index is 0.00398. The van der Waals surface area contributed by atoms with E-state index < -0.39 is 46.8 Å². The number of carbonyl (C=O) groups excluding carboxylic acids is 2. The molecular weight excluding hydrogens is 668 g/mol. The van der Waals surface area contributed by atoms with Crippen LogP contribution in [-0.4, -0.2) is 108 Å². The summed E-state index contributed by atoms with van der Waals surface area (Å²) >= 11 is 0. The molecular formula is C40H62N2O10. The van der Waals surface area contributed by atoms with Gasteiger partial charge in [-0.2, -0.15) is 0 Å². The van der Waals surface area contributed by atoms with Gasteiger partial charge in [0.25, 0.3) is 0 Å². The van der Waals surface area contributed by atoms with Gasteiger partial charge in [-0.3, -0.25) is 33.8 Å². The number of carboxylic acid groups (broad SMARTS) is 3. The van der Waals surface area contributed by atoms with Crippen molar-refractivity contribution in [1.29, 1.82) is 0 Å². The molecule has 0 aromatic heterocycles. The molecule has 0 spiro atoms. The number of carbonyl (C=O) groups is 5. The van der Waals surface area contributed by atoms with Gasteiger partial charge in [-0.15, -0.1) is 0 Å². The SMILES string of the molecule is CN(CC(=O)O)CC(=O)OC[C@@]1(C)[C@@H]2CC[C@]3(C)[C@H](CC=C4[C@@H]5CC(C)(C)CC[C@]5(C(=O)O)CC[C@]43C)[C@@]2(C)CC[C@@H]1OC(=O)CN(C)CC(=O)O. The van der Waals surface area contributed by atoms with Gasteiger partial charge in [0, 0.05) is 5.41 Å². The number of aliphatic carboxylic acids is 3. The van der Waals surface area contributed by atoms with Gasteiger partial charge in [0.15, 0.2) is 0 Å². The van der Waals surface area contributed by atoms with Gasteiger partial charge in [-0.1, -0.05) is 53.2 Å². The Hall–Kier alpha value is -2.99. The summed E-state index contributed by atoms with van der Waals surface area (Å²) in [5.41, 5.74) is -0.540. The van der Waals surface area contributed by atoms with Gasteiger partial charge in [-0.25, -0.2) is 0 Å². The summed E-state index contributed by atoms with van der Waals surface area (Å²) in [6.45, 7) is 12.8. The van der Waals surface area contributed by atoms with Crippen molar-refractivity contribution in [2.75, 3.05) is 46.9 Å². The first kappa shape index (κ1) is 40.2. The first-order chi connectivity index (χ1) is 24.0. The molecule has 5 rings (SSSR count). The van der Waals surface area contributed by atoms with Crippen LogP contribution in [0.25, 0.3) is 0 Å². The van der Waals surface area contributed by atoms with E-state index in [-0.39, 0.29) is 72.2 Å². The highest BCUT2D eigenvalue weighted by atomic mass is 16.6. The maximum Gasteiger partial charge on any atom is 0.320 e. The Labute approximate surface area is 308 Å². The highest BCUT2D eigenvalue weighted by Gasteiger charge is 2.70. The number of likely N-dealkylation sites (N-methyl/N-ethyl adjacent to an activating group) is 2. The first-order valence-electron chi connectivity index (χ1n) is 19.1. The van der Waals surface area contributed by atoms with Crippen LogP contribution < -0.4 is 0 Å². The molecule has 0 unspecified atom stereocenters. The normalized spacial score (nSPS) is 39.2. The number of carboxylic acids is 3. The number of hydrogen-bond acceptors (Lipinski definition) is 9. The Morgan fingerprint density at radius 2 is 1.35 bits per heavy atom. The standard InChI is InChI=1S/C40H62N2O10/c1-35(2)15-17-40(34(49)50)18-16-38(5)25(26(40)19-35)9-10-28-36(3)13-12-29(52-33(48)23-42(8)21-31(45)46)37(4,27(36)11-14-39(28,38)6)24-51-32(47)22-41(7)20-30(43)44/h9,26-29H,10-24H2,1-8H3,(H,43,44)(H,45,46)(H,49,50)/t26-,27+,28+,29-,36-,37-,38+,39+,40-/m0/s1. The third-order valence-corrected chi connectivity index (χ3v) is 15.2. The first-order valence-corrected chi connectivity index (χ1v) is 19.1. The van der Waals surface area contributed by atoms with Crippen LogP contribution in [0.5, 0.6) is 0 Å². The summed E-state index contributed by atoms with van der Waals surface area (Å²) in [7, 11) is 3.09. The predicted molar refractivity (Wildman–Crippen MR) is 192 cm³/mol. The molecule has 5 aliphatic carbocycles. The molecule has 9 atom stereocenters. The quantitative estimate of drug-likeness (QED) is 0.174. The summed E-state index contributed by atoms with van der Waals surface area (Å²) in [5.74, 6) is -3.55. The lowest BCUT2D eigenvalue weighted by molar-refractivity contribution is -0.227. The van der Waals surface area contributed by atoms with Crippen molar-refractivity contribution >= 4 is 29.8 Å². The van der Waals surface area contributed by atoms with Gasteiger partial charge in [-0.05, 0) is 118 Å². The molecule has 4 fully saturated rings. The molecule has 0 amide bonds. The molecule has 12 nitrogen and oxygen atoms in total. The summed E-state index contributed by atoms with van der Waals surface area (Å²) in [6.07, 6.45) is 9.74. The molecule has 52 heavy (non-hydrogen) atoms. The maximum atomic E-state index is 13.3. The number of esters is 2. The maximum absolute atomic E-state index is 13.3. The van der Waals surface area contributed by atoms with Gasteiger partial charge >= 0.3 is 29.8 Å². The number of ether oxygens (including phenoxy) is 2. The fraction of sp³-hybridized carbons (Fsp3) is 0.825. The third kappa shape index (κ3) is 6.91. The topological polar surface area (TPSA) is 171 Å². The number of fused-ring (bicyclic) bond motifs is 7. The van der Waals surface area contributed by atoms with Gasteiger partial charge in [0.2, 0.25) is 0 Å². The molecule has 0 saturated heterocycles. The Morgan fingerprint density at radius 3 is 1.94 bits per heavy atom. The van der Waals surface area contributed by atoms with Crippen molar-refractivity contribution in [3.8, 4) is 0 Å². The van der Waals surface area contributed by atoms with Crippen molar-refractivity contribution in [3.63, 3.8) is 0 Å². The highest BCUT2D eigenvalue weighted by Crippen LogP contribution is 2.76. The molecule has 0 aromatic rings. The van der Waals surface area contributed by atoms with E-state index in [2.05, 4.69) is 40.7 Å². The van der Waals surface area contributed by atoms with Crippen molar-refractivity contribution in [1.82, 2.24) is 9.80 Å². The van der Waals surface area contributed by atoms with Gasteiger partial charge in [0.05, 0.1) is 31.6 Å². The van der Waals surface area contributed by atoms with Crippen LogP contribution >= 0.6 is 0 Å². The second-order valence-electron chi connectivity index (χ2n) is 19.0. The van der Waals surface area contributed by atoms with Crippen LogP contribution in [0.4, 0.5) is 0 Å². The zero-order chi connectivity index (χ0) is 38.7. The number of rotatable bonds is 12. The monoisotopic (exact) mass is 730 g/mol. The van der Waals surface area contributed by atoms with Crippen LogP contribution in [0.3, 0.4) is 0 Å². The van der Waals surface area contributed by atoms with Crippen LogP contribution in [0.2, 0.25) is 0 Å².